The van der Waals surface area contributed by atoms with Crippen molar-refractivity contribution in [1.29, 1.82) is 0 Å². The smallest absolute Gasteiger partial charge is 0.326 e. The largest absolute Gasteiger partial charge is 0.328 e. The van der Waals surface area contributed by atoms with Crippen LogP contribution in [0, 0.1) is 5.82 Å². The van der Waals surface area contributed by atoms with Crippen molar-refractivity contribution in [3.63, 3.8) is 0 Å². The third kappa shape index (κ3) is 2.75. The Labute approximate surface area is 132 Å². The highest BCUT2D eigenvalue weighted by atomic mass is 19.1. The molecule has 5 nitrogen and oxygen atoms in total. The number of benzene rings is 2. The minimum Gasteiger partial charge on any atom is -0.326 e. The third-order valence-electron chi connectivity index (χ3n) is 3.86. The number of carbonyl (C=O) groups is 1. The van der Waals surface area contributed by atoms with Crippen LogP contribution in [0.2, 0.25) is 0 Å². The maximum absolute atomic E-state index is 13.6. The van der Waals surface area contributed by atoms with Crippen molar-refractivity contribution >= 4 is 22.6 Å². The zero-order valence-corrected chi connectivity index (χ0v) is 12.8. The molecule has 0 aliphatic rings. The van der Waals surface area contributed by atoms with Crippen LogP contribution in [0.1, 0.15) is 5.56 Å². The minimum atomic E-state index is -0.399. The number of aryl methyl sites for hydroxylation is 2. The average molecular weight is 313 g/mol. The minimum absolute atomic E-state index is 0.0432. The van der Waals surface area contributed by atoms with Gasteiger partial charge in [-0.25, -0.2) is 9.18 Å². The Kier molecular flexibility index (Phi) is 3.73. The quantitative estimate of drug-likeness (QED) is 0.806. The summed E-state index contributed by atoms with van der Waals surface area (Å²) < 4.78 is 16.6. The number of imidazole rings is 1. The molecule has 1 N–H and O–H groups in total. The topological polar surface area (TPSA) is 56.0 Å². The van der Waals surface area contributed by atoms with E-state index >= 15 is 0 Å². The maximum atomic E-state index is 13.6. The van der Waals surface area contributed by atoms with Gasteiger partial charge in [0.1, 0.15) is 5.82 Å². The first kappa shape index (κ1) is 15.0. The summed E-state index contributed by atoms with van der Waals surface area (Å²) in [6.07, 6.45) is -0.0432. The number of anilines is 1. The lowest BCUT2D eigenvalue weighted by Crippen LogP contribution is -2.19. The number of fused-ring (bicyclic) bond motifs is 1. The van der Waals surface area contributed by atoms with Crippen molar-refractivity contribution in [3.8, 4) is 0 Å². The Morgan fingerprint density at radius 1 is 1.09 bits per heavy atom. The highest BCUT2D eigenvalue weighted by Crippen LogP contribution is 2.18. The van der Waals surface area contributed by atoms with E-state index in [9.17, 15) is 14.0 Å². The van der Waals surface area contributed by atoms with Crippen molar-refractivity contribution in [3.05, 3.63) is 64.3 Å². The molecule has 0 saturated carbocycles. The molecule has 6 heteroatoms. The second kappa shape index (κ2) is 5.72. The first-order valence-corrected chi connectivity index (χ1v) is 7.16. The van der Waals surface area contributed by atoms with E-state index < -0.39 is 5.82 Å². The summed E-state index contributed by atoms with van der Waals surface area (Å²) in [5, 5.41) is 2.74. The predicted molar refractivity (Wildman–Crippen MR) is 86.9 cm³/mol. The molecular formula is C17H16FN3O2. The lowest BCUT2D eigenvalue weighted by atomic mass is 10.1. The van der Waals surface area contributed by atoms with E-state index in [0.29, 0.717) is 11.3 Å². The van der Waals surface area contributed by atoms with Gasteiger partial charge in [-0.2, -0.15) is 0 Å². The van der Waals surface area contributed by atoms with Crippen LogP contribution in [0.25, 0.3) is 11.0 Å². The summed E-state index contributed by atoms with van der Waals surface area (Å²) in [5.41, 5.74) is 2.29. The van der Waals surface area contributed by atoms with Gasteiger partial charge in [-0.15, -0.1) is 0 Å². The summed E-state index contributed by atoms with van der Waals surface area (Å²) in [7, 11) is 3.37. The fraction of sp³-hybridized carbons (Fsp3) is 0.176. The summed E-state index contributed by atoms with van der Waals surface area (Å²) >= 11 is 0. The molecule has 0 unspecified atom stereocenters. The Balaban J connectivity index is 1.84. The van der Waals surface area contributed by atoms with Crippen LogP contribution in [-0.2, 0) is 25.3 Å². The van der Waals surface area contributed by atoms with Gasteiger partial charge in [0.25, 0.3) is 0 Å². The summed E-state index contributed by atoms with van der Waals surface area (Å²) in [6.45, 7) is 0. The highest BCUT2D eigenvalue weighted by molar-refractivity contribution is 5.94. The Hall–Kier alpha value is -2.89. The average Bonchev–Trinajstić information content (AvgIpc) is 2.74. The number of hydrogen-bond acceptors (Lipinski definition) is 2. The summed E-state index contributed by atoms with van der Waals surface area (Å²) in [5.74, 6) is -0.709. The molecule has 1 heterocycles. The zero-order chi connectivity index (χ0) is 16.6. The maximum Gasteiger partial charge on any atom is 0.328 e. The highest BCUT2D eigenvalue weighted by Gasteiger charge is 2.11. The van der Waals surface area contributed by atoms with E-state index in [1.165, 1.54) is 10.6 Å². The van der Waals surface area contributed by atoms with Gasteiger partial charge in [0.2, 0.25) is 5.91 Å². The molecule has 0 fully saturated rings. The normalized spacial score (nSPS) is 10.9. The molecule has 3 aromatic rings. The molecule has 1 amide bonds. The van der Waals surface area contributed by atoms with Crippen molar-refractivity contribution in [2.45, 2.75) is 6.42 Å². The third-order valence-corrected chi connectivity index (χ3v) is 3.86. The van der Waals surface area contributed by atoms with Gasteiger partial charge in [0, 0.05) is 19.8 Å². The van der Waals surface area contributed by atoms with Gasteiger partial charge in [-0.3, -0.25) is 13.9 Å². The monoisotopic (exact) mass is 313 g/mol. The molecule has 2 aromatic carbocycles. The lowest BCUT2D eigenvalue weighted by molar-refractivity contribution is -0.115. The van der Waals surface area contributed by atoms with Crippen molar-refractivity contribution in [2.75, 3.05) is 5.32 Å². The van der Waals surface area contributed by atoms with E-state index in [1.54, 1.807) is 55.1 Å². The molecule has 0 atom stereocenters. The molecule has 0 aliphatic heterocycles. The molecule has 0 bridgehead atoms. The molecule has 0 saturated heterocycles. The van der Waals surface area contributed by atoms with Crippen molar-refractivity contribution < 1.29 is 9.18 Å². The van der Waals surface area contributed by atoms with E-state index in [1.807, 2.05) is 0 Å². The van der Waals surface area contributed by atoms with Gasteiger partial charge in [0.05, 0.1) is 17.5 Å². The number of halogens is 1. The van der Waals surface area contributed by atoms with Gasteiger partial charge >= 0.3 is 5.69 Å². The van der Waals surface area contributed by atoms with Crippen LogP contribution < -0.4 is 11.0 Å². The molecule has 0 spiro atoms. The molecule has 118 valence electrons. The van der Waals surface area contributed by atoms with Crippen LogP contribution in [-0.4, -0.2) is 15.0 Å². The predicted octanol–water partition coefficient (Wildman–Crippen LogP) is 2.20. The Morgan fingerprint density at radius 2 is 1.78 bits per heavy atom. The molecule has 0 radical (unpaired) electrons. The summed E-state index contributed by atoms with van der Waals surface area (Å²) in [6, 6.07) is 11.4. The number of rotatable bonds is 3. The van der Waals surface area contributed by atoms with E-state index in [0.717, 1.165) is 11.0 Å². The second-order valence-corrected chi connectivity index (χ2v) is 5.42. The number of nitrogens with one attached hydrogen (secondary N) is 1. The molecule has 3 rings (SSSR count). The van der Waals surface area contributed by atoms with Crippen LogP contribution >= 0.6 is 0 Å². The standard InChI is InChI=1S/C17H16FN3O2/c1-20-14-8-7-12(10-15(14)21(2)17(20)23)19-16(22)9-11-5-3-4-6-13(11)18/h3-8,10H,9H2,1-2H3,(H,19,22). The number of nitrogens with zero attached hydrogens (tertiary/aromatic N) is 2. The van der Waals surface area contributed by atoms with Gasteiger partial charge in [0.15, 0.2) is 0 Å². The molecule has 23 heavy (non-hydrogen) atoms. The number of aromatic nitrogens is 2. The first-order valence-electron chi connectivity index (χ1n) is 7.16. The Bertz CT molecular complexity index is 956. The van der Waals surface area contributed by atoms with Gasteiger partial charge in [-0.1, -0.05) is 18.2 Å². The van der Waals surface area contributed by atoms with Crippen molar-refractivity contribution in [1.82, 2.24) is 9.13 Å². The van der Waals surface area contributed by atoms with Crippen LogP contribution in [0.15, 0.2) is 47.3 Å². The molecule has 1 aromatic heterocycles. The Morgan fingerprint density at radius 3 is 2.52 bits per heavy atom. The lowest BCUT2D eigenvalue weighted by Gasteiger charge is -2.07. The van der Waals surface area contributed by atoms with Crippen molar-refractivity contribution in [2.24, 2.45) is 14.1 Å². The number of hydrogen-bond donors (Lipinski definition) is 1. The van der Waals surface area contributed by atoms with E-state index in [-0.39, 0.29) is 18.0 Å². The van der Waals surface area contributed by atoms with Gasteiger partial charge < -0.3 is 5.32 Å². The second-order valence-electron chi connectivity index (χ2n) is 5.42. The molecule has 0 aliphatic carbocycles. The van der Waals surface area contributed by atoms with E-state index in [4.69, 9.17) is 0 Å². The fourth-order valence-corrected chi connectivity index (χ4v) is 2.60. The SMILES string of the molecule is Cn1c(=O)n(C)c2cc(NC(=O)Cc3ccccc3F)ccc21. The number of carbonyl (C=O) groups excluding carboxylic acids is 1. The first-order chi connectivity index (χ1) is 11.0. The van der Waals surface area contributed by atoms with Crippen LogP contribution in [0.4, 0.5) is 10.1 Å². The number of amides is 1. The summed E-state index contributed by atoms with van der Waals surface area (Å²) in [4.78, 5) is 24.0. The fourth-order valence-electron chi connectivity index (χ4n) is 2.60. The van der Waals surface area contributed by atoms with Crippen LogP contribution in [0.3, 0.4) is 0 Å². The van der Waals surface area contributed by atoms with E-state index in [2.05, 4.69) is 5.32 Å². The van der Waals surface area contributed by atoms with Crippen LogP contribution in [0.5, 0.6) is 0 Å². The zero-order valence-electron chi connectivity index (χ0n) is 12.8. The van der Waals surface area contributed by atoms with Gasteiger partial charge in [-0.05, 0) is 29.8 Å². The molecular weight excluding hydrogens is 297 g/mol.